The van der Waals surface area contributed by atoms with Gasteiger partial charge in [0.25, 0.3) is 0 Å². The Hall–Kier alpha value is -2.72. The molecule has 1 amide bonds. The summed E-state index contributed by atoms with van der Waals surface area (Å²) in [5, 5.41) is 3.13. The highest BCUT2D eigenvalue weighted by Gasteiger charge is 2.16. The molecule has 3 aromatic carbocycles. The maximum atomic E-state index is 12.4. The molecule has 27 heavy (non-hydrogen) atoms. The first-order valence-electron chi connectivity index (χ1n) is 8.87. The van der Waals surface area contributed by atoms with Gasteiger partial charge in [0, 0.05) is 6.54 Å². The molecule has 1 N–H and O–H groups in total. The van der Waals surface area contributed by atoms with Crippen LogP contribution in [0.4, 0.5) is 0 Å². The van der Waals surface area contributed by atoms with Gasteiger partial charge in [0.05, 0.1) is 18.1 Å². The molecule has 0 aromatic heterocycles. The Morgan fingerprint density at radius 1 is 0.926 bits per heavy atom. The largest absolute Gasteiger partial charge is 0.497 e. The molecule has 0 aliphatic carbocycles. The molecule has 0 heterocycles. The van der Waals surface area contributed by atoms with Crippen molar-refractivity contribution in [2.75, 3.05) is 12.9 Å². The summed E-state index contributed by atoms with van der Waals surface area (Å²) in [6.45, 7) is 0.498. The number of rotatable bonds is 8. The van der Waals surface area contributed by atoms with Gasteiger partial charge in [-0.2, -0.15) is 0 Å². The second kappa shape index (κ2) is 9.83. The van der Waals surface area contributed by atoms with Crippen molar-refractivity contribution in [1.29, 1.82) is 0 Å². The molecule has 0 aliphatic rings. The van der Waals surface area contributed by atoms with Crippen molar-refractivity contribution in [3.05, 3.63) is 102 Å². The van der Waals surface area contributed by atoms with E-state index in [9.17, 15) is 4.79 Å². The number of ether oxygens (including phenoxy) is 1. The lowest BCUT2D eigenvalue weighted by Gasteiger charge is -2.17. The van der Waals surface area contributed by atoms with Gasteiger partial charge in [-0.3, -0.25) is 4.79 Å². The molecule has 0 radical (unpaired) electrons. The Morgan fingerprint density at radius 2 is 1.56 bits per heavy atom. The van der Waals surface area contributed by atoms with Crippen molar-refractivity contribution in [2.24, 2.45) is 0 Å². The predicted molar refractivity (Wildman–Crippen MR) is 112 cm³/mol. The number of hydrogen-bond acceptors (Lipinski definition) is 3. The monoisotopic (exact) mass is 377 g/mol. The molecule has 0 saturated heterocycles. The van der Waals surface area contributed by atoms with Gasteiger partial charge in [-0.1, -0.05) is 72.8 Å². The lowest BCUT2D eigenvalue weighted by molar-refractivity contribution is -0.118. The first kappa shape index (κ1) is 19.1. The summed E-state index contributed by atoms with van der Waals surface area (Å²) in [6.07, 6.45) is 0. The van der Waals surface area contributed by atoms with Gasteiger partial charge in [0.2, 0.25) is 5.91 Å². The minimum absolute atomic E-state index is 0.0275. The van der Waals surface area contributed by atoms with E-state index in [0.717, 1.165) is 11.3 Å². The summed E-state index contributed by atoms with van der Waals surface area (Å²) in [5.74, 6) is 1.22. The average molecular weight is 378 g/mol. The molecule has 0 unspecified atom stereocenters. The van der Waals surface area contributed by atoms with Gasteiger partial charge in [0.15, 0.2) is 0 Å². The quantitative estimate of drug-likeness (QED) is 0.611. The first-order chi connectivity index (χ1) is 13.3. The third-order valence-corrected chi connectivity index (χ3v) is 5.52. The van der Waals surface area contributed by atoms with Crippen LogP contribution in [0.5, 0.6) is 5.75 Å². The molecule has 0 aliphatic heterocycles. The van der Waals surface area contributed by atoms with Crippen LogP contribution >= 0.6 is 11.8 Å². The average Bonchev–Trinajstić information content (AvgIpc) is 2.74. The zero-order valence-corrected chi connectivity index (χ0v) is 16.1. The van der Waals surface area contributed by atoms with Gasteiger partial charge in [0.1, 0.15) is 5.75 Å². The minimum atomic E-state index is 0.0275. The van der Waals surface area contributed by atoms with Crippen molar-refractivity contribution in [3.63, 3.8) is 0 Å². The van der Waals surface area contributed by atoms with Crippen LogP contribution in [0.15, 0.2) is 84.9 Å². The van der Waals surface area contributed by atoms with E-state index in [0.29, 0.717) is 12.3 Å². The molecule has 0 fully saturated rings. The van der Waals surface area contributed by atoms with E-state index in [4.69, 9.17) is 4.74 Å². The Kier molecular flexibility index (Phi) is 6.94. The number of thioether (sulfide) groups is 1. The van der Waals surface area contributed by atoms with Gasteiger partial charge < -0.3 is 10.1 Å². The van der Waals surface area contributed by atoms with Gasteiger partial charge in [-0.15, -0.1) is 11.8 Å². The van der Waals surface area contributed by atoms with Crippen LogP contribution in [0.25, 0.3) is 0 Å². The Morgan fingerprint density at radius 3 is 2.15 bits per heavy atom. The number of carbonyl (C=O) groups excluding carboxylic acids is 1. The smallest absolute Gasteiger partial charge is 0.230 e. The van der Waals surface area contributed by atoms with Crippen molar-refractivity contribution >= 4 is 17.7 Å². The minimum Gasteiger partial charge on any atom is -0.497 e. The highest BCUT2D eigenvalue weighted by molar-refractivity contribution is 8.00. The molecule has 0 saturated carbocycles. The van der Waals surface area contributed by atoms with Crippen molar-refractivity contribution < 1.29 is 9.53 Å². The van der Waals surface area contributed by atoms with Crippen LogP contribution in [0, 0.1) is 0 Å². The van der Waals surface area contributed by atoms with Crippen LogP contribution in [-0.2, 0) is 11.3 Å². The molecule has 3 aromatic rings. The van der Waals surface area contributed by atoms with E-state index < -0.39 is 0 Å². The van der Waals surface area contributed by atoms with E-state index in [2.05, 4.69) is 29.6 Å². The summed E-state index contributed by atoms with van der Waals surface area (Å²) >= 11 is 1.64. The Labute approximate surface area is 164 Å². The molecule has 4 heteroatoms. The summed E-state index contributed by atoms with van der Waals surface area (Å²) in [6, 6.07) is 28.3. The van der Waals surface area contributed by atoms with Crippen LogP contribution < -0.4 is 10.1 Å². The number of benzene rings is 3. The van der Waals surface area contributed by atoms with E-state index in [1.54, 1.807) is 18.9 Å². The fourth-order valence-corrected chi connectivity index (χ4v) is 3.95. The lowest BCUT2D eigenvalue weighted by atomic mass is 10.0. The number of methoxy groups -OCH3 is 1. The topological polar surface area (TPSA) is 38.3 Å². The van der Waals surface area contributed by atoms with E-state index in [-0.39, 0.29) is 11.2 Å². The third-order valence-electron chi connectivity index (χ3n) is 4.21. The fraction of sp³-hybridized carbons (Fsp3) is 0.174. The summed E-state index contributed by atoms with van der Waals surface area (Å²) in [7, 11) is 1.64. The number of amides is 1. The second-order valence-electron chi connectivity index (χ2n) is 6.14. The van der Waals surface area contributed by atoms with E-state index in [1.807, 2.05) is 60.7 Å². The standard InChI is InChI=1S/C23H23NO2S/c1-26-21-14-8-9-18(15-21)16-24-22(25)17-27-23(19-10-4-2-5-11-19)20-12-6-3-7-13-20/h2-15,23H,16-17H2,1H3,(H,24,25). The SMILES string of the molecule is COc1cccc(CNC(=O)CSC(c2ccccc2)c2ccccc2)c1. The van der Waals surface area contributed by atoms with Crippen molar-refractivity contribution in [3.8, 4) is 5.75 Å². The van der Waals surface area contributed by atoms with Gasteiger partial charge in [-0.05, 0) is 28.8 Å². The molecular formula is C23H23NO2S. The predicted octanol–water partition coefficient (Wildman–Crippen LogP) is 4.83. The molecule has 3 nitrogen and oxygen atoms in total. The van der Waals surface area contributed by atoms with Crippen molar-refractivity contribution in [1.82, 2.24) is 5.32 Å². The van der Waals surface area contributed by atoms with Crippen LogP contribution in [0.1, 0.15) is 21.9 Å². The highest BCUT2D eigenvalue weighted by Crippen LogP contribution is 2.35. The first-order valence-corrected chi connectivity index (χ1v) is 9.92. The molecule has 0 bridgehead atoms. The zero-order chi connectivity index (χ0) is 18.9. The van der Waals surface area contributed by atoms with E-state index >= 15 is 0 Å². The number of hydrogen-bond donors (Lipinski definition) is 1. The van der Waals surface area contributed by atoms with Crippen LogP contribution in [0.3, 0.4) is 0 Å². The Bertz CT molecular complexity index is 813. The van der Waals surface area contributed by atoms with Crippen LogP contribution in [0.2, 0.25) is 0 Å². The lowest BCUT2D eigenvalue weighted by Crippen LogP contribution is -2.25. The normalized spacial score (nSPS) is 10.6. The second-order valence-corrected chi connectivity index (χ2v) is 7.23. The molecule has 3 rings (SSSR count). The summed E-state index contributed by atoms with van der Waals surface area (Å²) in [5.41, 5.74) is 3.43. The number of nitrogens with one attached hydrogen (secondary N) is 1. The van der Waals surface area contributed by atoms with E-state index in [1.165, 1.54) is 11.1 Å². The molecule has 0 atom stereocenters. The fourth-order valence-electron chi connectivity index (χ4n) is 2.83. The van der Waals surface area contributed by atoms with Crippen LogP contribution in [-0.4, -0.2) is 18.8 Å². The third kappa shape index (κ3) is 5.63. The highest BCUT2D eigenvalue weighted by atomic mass is 32.2. The molecule has 0 spiro atoms. The maximum Gasteiger partial charge on any atom is 0.230 e. The zero-order valence-electron chi connectivity index (χ0n) is 15.3. The summed E-state index contributed by atoms with van der Waals surface area (Å²) in [4.78, 5) is 12.4. The Balaban J connectivity index is 1.60. The maximum absolute atomic E-state index is 12.4. The van der Waals surface area contributed by atoms with Crippen molar-refractivity contribution in [2.45, 2.75) is 11.8 Å². The number of carbonyl (C=O) groups is 1. The summed E-state index contributed by atoms with van der Waals surface area (Å²) < 4.78 is 5.22. The molecule has 138 valence electrons. The van der Waals surface area contributed by atoms with Gasteiger partial charge in [-0.25, -0.2) is 0 Å². The van der Waals surface area contributed by atoms with Gasteiger partial charge >= 0.3 is 0 Å². The molecular weight excluding hydrogens is 354 g/mol.